The molecule has 37 heavy (non-hydrogen) atoms. The Labute approximate surface area is 217 Å². The second-order valence-corrected chi connectivity index (χ2v) is 9.03. The summed E-state index contributed by atoms with van der Waals surface area (Å²) in [4.78, 5) is 25.0. The number of carbonyl (C=O) groups excluding carboxylic acids is 2. The summed E-state index contributed by atoms with van der Waals surface area (Å²) < 4.78 is 54.4. The van der Waals surface area contributed by atoms with Crippen LogP contribution in [0.25, 0.3) is 11.1 Å². The minimum absolute atomic E-state index is 0.180. The van der Waals surface area contributed by atoms with Gasteiger partial charge in [-0.25, -0.2) is 9.59 Å². The first kappa shape index (κ1) is 28.1. The maximum atomic E-state index is 12.9. The monoisotopic (exact) mass is 532 g/mol. The molecule has 3 rings (SSSR count). The number of carbonyl (C=O) groups is 2. The van der Waals surface area contributed by atoms with Crippen molar-refractivity contribution in [2.45, 2.75) is 37.6 Å². The number of hydrogen-bond donors (Lipinski definition) is 0. The van der Waals surface area contributed by atoms with E-state index in [9.17, 15) is 22.8 Å². The molecule has 0 saturated heterocycles. The summed E-state index contributed by atoms with van der Waals surface area (Å²) in [5.74, 6) is 0.0788. The van der Waals surface area contributed by atoms with Crippen LogP contribution in [0.5, 0.6) is 5.75 Å². The van der Waals surface area contributed by atoms with Crippen LogP contribution in [0.4, 0.5) is 13.2 Å². The molecule has 0 unspecified atom stereocenters. The Morgan fingerprint density at radius 1 is 0.865 bits per heavy atom. The van der Waals surface area contributed by atoms with Gasteiger partial charge in [-0.05, 0) is 85.5 Å². The SMILES string of the molecule is CCOC(=O)COc1ccc(SCc2cc(-c3ccc(C(F)(F)F)cc3)ccc2C(=O)OCC)cc1C. The summed E-state index contributed by atoms with van der Waals surface area (Å²) in [7, 11) is 0. The lowest BCUT2D eigenvalue weighted by Crippen LogP contribution is -2.14. The largest absolute Gasteiger partial charge is 0.482 e. The van der Waals surface area contributed by atoms with Gasteiger partial charge in [-0.3, -0.25) is 0 Å². The zero-order chi connectivity index (χ0) is 27.0. The Morgan fingerprint density at radius 2 is 1.54 bits per heavy atom. The van der Waals surface area contributed by atoms with Crippen LogP contribution in [0, 0.1) is 6.92 Å². The molecular weight excluding hydrogens is 505 g/mol. The molecule has 0 aliphatic rings. The standard InChI is InChI=1S/C28H27F3O5S/c1-4-34-26(32)16-36-25-13-11-23(14-18(25)3)37-17-21-15-20(8-12-24(21)27(33)35-5-2)19-6-9-22(10-7-19)28(29,30)31/h6-15H,4-5,16-17H2,1-3H3. The molecule has 3 aromatic carbocycles. The van der Waals surface area contributed by atoms with Gasteiger partial charge in [0.15, 0.2) is 6.61 Å². The van der Waals surface area contributed by atoms with E-state index in [1.165, 1.54) is 23.9 Å². The predicted molar refractivity (Wildman–Crippen MR) is 136 cm³/mol. The van der Waals surface area contributed by atoms with E-state index in [1.54, 1.807) is 38.1 Å². The van der Waals surface area contributed by atoms with Crippen LogP contribution in [0.2, 0.25) is 0 Å². The molecule has 0 bridgehead atoms. The Kier molecular flexibility index (Phi) is 9.63. The van der Waals surface area contributed by atoms with E-state index in [2.05, 4.69) is 0 Å². The molecule has 0 amide bonds. The zero-order valence-electron chi connectivity index (χ0n) is 20.7. The van der Waals surface area contributed by atoms with Gasteiger partial charge in [0, 0.05) is 10.6 Å². The number of ether oxygens (including phenoxy) is 3. The van der Waals surface area contributed by atoms with Gasteiger partial charge in [-0.15, -0.1) is 11.8 Å². The summed E-state index contributed by atoms with van der Waals surface area (Å²) >= 11 is 1.48. The fourth-order valence-corrected chi connectivity index (χ4v) is 4.51. The van der Waals surface area contributed by atoms with E-state index in [0.29, 0.717) is 33.8 Å². The van der Waals surface area contributed by atoms with Crippen LogP contribution < -0.4 is 4.74 Å². The predicted octanol–water partition coefficient (Wildman–Crippen LogP) is 7.09. The minimum atomic E-state index is -4.41. The van der Waals surface area contributed by atoms with Crippen molar-refractivity contribution in [1.82, 2.24) is 0 Å². The van der Waals surface area contributed by atoms with Gasteiger partial charge in [0.2, 0.25) is 0 Å². The third-order valence-electron chi connectivity index (χ3n) is 5.34. The Hall–Kier alpha value is -3.46. The van der Waals surface area contributed by atoms with Crippen LogP contribution in [0.3, 0.4) is 0 Å². The molecule has 5 nitrogen and oxygen atoms in total. The Bertz CT molecular complexity index is 1240. The highest BCUT2D eigenvalue weighted by molar-refractivity contribution is 7.98. The van der Waals surface area contributed by atoms with E-state index in [4.69, 9.17) is 14.2 Å². The number of thioether (sulfide) groups is 1. The minimum Gasteiger partial charge on any atom is -0.482 e. The highest BCUT2D eigenvalue weighted by Gasteiger charge is 2.30. The van der Waals surface area contributed by atoms with Gasteiger partial charge in [-0.2, -0.15) is 13.2 Å². The summed E-state index contributed by atoms with van der Waals surface area (Å²) in [5.41, 5.74) is 2.50. The number of hydrogen-bond acceptors (Lipinski definition) is 6. The summed E-state index contributed by atoms with van der Waals surface area (Å²) in [6, 6.07) is 15.6. The number of benzene rings is 3. The average Bonchev–Trinajstić information content (AvgIpc) is 2.86. The average molecular weight is 533 g/mol. The van der Waals surface area contributed by atoms with E-state index < -0.39 is 23.7 Å². The lowest BCUT2D eigenvalue weighted by Gasteiger charge is -2.13. The van der Waals surface area contributed by atoms with Crippen LogP contribution in [-0.2, 0) is 26.2 Å². The van der Waals surface area contributed by atoms with Crippen LogP contribution >= 0.6 is 11.8 Å². The molecule has 0 radical (unpaired) electrons. The third kappa shape index (κ3) is 7.76. The normalized spacial score (nSPS) is 11.2. The van der Waals surface area contributed by atoms with E-state index in [1.807, 2.05) is 19.1 Å². The first-order chi connectivity index (χ1) is 17.6. The molecule has 9 heteroatoms. The highest BCUT2D eigenvalue weighted by atomic mass is 32.2. The molecule has 0 saturated carbocycles. The van der Waals surface area contributed by atoms with Crippen molar-refractivity contribution in [3.05, 3.63) is 82.9 Å². The molecular formula is C28H27F3O5S. The molecule has 196 valence electrons. The fraction of sp³-hybridized carbons (Fsp3) is 0.286. The topological polar surface area (TPSA) is 61.8 Å². The van der Waals surface area contributed by atoms with Crippen molar-refractivity contribution in [3.8, 4) is 16.9 Å². The molecule has 0 aromatic heterocycles. The number of alkyl halides is 3. The van der Waals surface area contributed by atoms with Crippen molar-refractivity contribution >= 4 is 23.7 Å². The fourth-order valence-electron chi connectivity index (χ4n) is 3.53. The second kappa shape index (κ2) is 12.7. The summed E-state index contributed by atoms with van der Waals surface area (Å²) in [5, 5.41) is 0. The summed E-state index contributed by atoms with van der Waals surface area (Å²) in [6.07, 6.45) is -4.41. The lowest BCUT2D eigenvalue weighted by atomic mass is 9.99. The first-order valence-corrected chi connectivity index (χ1v) is 12.6. The molecule has 3 aromatic rings. The van der Waals surface area contributed by atoms with Gasteiger partial charge in [0.25, 0.3) is 0 Å². The molecule has 0 aliphatic carbocycles. The maximum Gasteiger partial charge on any atom is 0.416 e. The molecule has 0 heterocycles. The highest BCUT2D eigenvalue weighted by Crippen LogP contribution is 2.33. The van der Waals surface area contributed by atoms with Crippen molar-refractivity contribution in [2.24, 2.45) is 0 Å². The molecule has 0 fully saturated rings. The van der Waals surface area contributed by atoms with Crippen molar-refractivity contribution in [3.63, 3.8) is 0 Å². The second-order valence-electron chi connectivity index (χ2n) is 7.98. The number of aryl methyl sites for hydroxylation is 1. The zero-order valence-corrected chi connectivity index (χ0v) is 21.5. The Balaban J connectivity index is 1.80. The first-order valence-electron chi connectivity index (χ1n) is 11.6. The molecule has 0 atom stereocenters. The van der Waals surface area contributed by atoms with Gasteiger partial charge >= 0.3 is 18.1 Å². The van der Waals surface area contributed by atoms with E-state index in [-0.39, 0.29) is 19.8 Å². The van der Waals surface area contributed by atoms with Crippen LogP contribution in [0.15, 0.2) is 65.6 Å². The number of halogens is 3. The van der Waals surface area contributed by atoms with Crippen LogP contribution in [-0.4, -0.2) is 31.8 Å². The molecule has 0 aliphatic heterocycles. The Morgan fingerprint density at radius 3 is 2.16 bits per heavy atom. The lowest BCUT2D eigenvalue weighted by molar-refractivity contribution is -0.145. The van der Waals surface area contributed by atoms with E-state index >= 15 is 0 Å². The van der Waals surface area contributed by atoms with Crippen LogP contribution in [0.1, 0.15) is 40.9 Å². The smallest absolute Gasteiger partial charge is 0.416 e. The van der Waals surface area contributed by atoms with Gasteiger partial charge in [-0.1, -0.05) is 18.2 Å². The van der Waals surface area contributed by atoms with Crippen molar-refractivity contribution < 1.29 is 37.0 Å². The maximum absolute atomic E-state index is 12.9. The van der Waals surface area contributed by atoms with Crippen molar-refractivity contribution in [1.29, 1.82) is 0 Å². The van der Waals surface area contributed by atoms with E-state index in [0.717, 1.165) is 22.6 Å². The summed E-state index contributed by atoms with van der Waals surface area (Å²) in [6.45, 7) is 5.63. The molecule has 0 N–H and O–H groups in total. The van der Waals surface area contributed by atoms with Crippen molar-refractivity contribution in [2.75, 3.05) is 19.8 Å². The number of rotatable bonds is 10. The van der Waals surface area contributed by atoms with Gasteiger partial charge in [0.05, 0.1) is 24.3 Å². The van der Waals surface area contributed by atoms with Gasteiger partial charge < -0.3 is 14.2 Å². The molecule has 0 spiro atoms. The quantitative estimate of drug-likeness (QED) is 0.205. The van der Waals surface area contributed by atoms with Gasteiger partial charge in [0.1, 0.15) is 5.75 Å². The number of esters is 2. The third-order valence-corrected chi connectivity index (χ3v) is 6.38.